The van der Waals surface area contributed by atoms with E-state index in [0.29, 0.717) is 4.88 Å². The molecule has 21 heavy (non-hydrogen) atoms. The number of likely N-dealkylation sites (N-methyl/N-ethyl adjacent to an activating group) is 1. The zero-order valence-corrected chi connectivity index (χ0v) is 13.3. The van der Waals surface area contributed by atoms with Gasteiger partial charge in [-0.3, -0.25) is 14.8 Å². The fourth-order valence-electron chi connectivity index (χ4n) is 2.14. The van der Waals surface area contributed by atoms with E-state index >= 15 is 0 Å². The Morgan fingerprint density at radius 3 is 2.86 bits per heavy atom. The molecule has 0 saturated heterocycles. The van der Waals surface area contributed by atoms with E-state index < -0.39 is 0 Å². The SMILES string of the molecule is CC1N=C(c2cccnc2)SC1N(C)C(=O)c1ccns1. The average molecular weight is 318 g/mol. The minimum absolute atomic E-state index is 0.00481. The molecule has 0 bridgehead atoms. The first-order valence-corrected chi connectivity index (χ1v) is 8.15. The number of carbonyl (C=O) groups excluding carboxylic acids is 1. The second-order valence-electron chi connectivity index (χ2n) is 4.72. The molecule has 1 amide bonds. The van der Waals surface area contributed by atoms with Crippen LogP contribution in [-0.2, 0) is 0 Å². The van der Waals surface area contributed by atoms with Crippen molar-refractivity contribution in [1.29, 1.82) is 0 Å². The number of rotatable bonds is 3. The molecule has 7 heteroatoms. The van der Waals surface area contributed by atoms with Crippen LogP contribution in [0, 0.1) is 0 Å². The Kier molecular flexibility index (Phi) is 4.03. The van der Waals surface area contributed by atoms with E-state index in [-0.39, 0.29) is 17.3 Å². The summed E-state index contributed by atoms with van der Waals surface area (Å²) >= 11 is 2.82. The summed E-state index contributed by atoms with van der Waals surface area (Å²) in [4.78, 5) is 23.6. The topological polar surface area (TPSA) is 58.5 Å². The number of aliphatic imine (C=N–C) groups is 1. The highest BCUT2D eigenvalue weighted by Crippen LogP contribution is 2.32. The van der Waals surface area contributed by atoms with Crippen LogP contribution in [0.25, 0.3) is 0 Å². The largest absolute Gasteiger partial charge is 0.326 e. The molecule has 0 spiro atoms. The van der Waals surface area contributed by atoms with Crippen molar-refractivity contribution in [2.75, 3.05) is 7.05 Å². The molecule has 3 heterocycles. The van der Waals surface area contributed by atoms with Gasteiger partial charge in [0, 0.05) is 31.2 Å². The number of nitrogens with zero attached hydrogens (tertiary/aromatic N) is 4. The van der Waals surface area contributed by atoms with Crippen molar-refractivity contribution in [2.24, 2.45) is 4.99 Å². The summed E-state index contributed by atoms with van der Waals surface area (Å²) < 4.78 is 3.98. The number of aromatic nitrogens is 2. The van der Waals surface area contributed by atoms with Crippen LogP contribution in [0.5, 0.6) is 0 Å². The molecule has 2 aromatic heterocycles. The molecular formula is C14H14N4OS2. The van der Waals surface area contributed by atoms with Gasteiger partial charge in [-0.15, -0.1) is 0 Å². The van der Waals surface area contributed by atoms with Crippen LogP contribution in [0.2, 0.25) is 0 Å². The smallest absolute Gasteiger partial charge is 0.266 e. The van der Waals surface area contributed by atoms with Gasteiger partial charge in [-0.05, 0) is 36.7 Å². The minimum Gasteiger partial charge on any atom is -0.326 e. The minimum atomic E-state index is -0.00973. The number of thioether (sulfide) groups is 1. The van der Waals surface area contributed by atoms with Crippen molar-refractivity contribution in [3.05, 3.63) is 47.2 Å². The fraction of sp³-hybridized carbons (Fsp3) is 0.286. The Labute approximate surface area is 131 Å². The molecular weight excluding hydrogens is 304 g/mol. The van der Waals surface area contributed by atoms with Crippen LogP contribution >= 0.6 is 23.3 Å². The molecule has 0 fully saturated rings. The third-order valence-electron chi connectivity index (χ3n) is 3.23. The molecule has 0 saturated carbocycles. The third-order valence-corrected chi connectivity index (χ3v) is 5.48. The molecule has 1 aliphatic rings. The highest BCUT2D eigenvalue weighted by molar-refractivity contribution is 8.15. The van der Waals surface area contributed by atoms with Crippen LogP contribution in [0.4, 0.5) is 0 Å². The van der Waals surface area contributed by atoms with Crippen molar-refractivity contribution >= 4 is 34.2 Å². The zero-order chi connectivity index (χ0) is 14.8. The Morgan fingerprint density at radius 1 is 1.33 bits per heavy atom. The zero-order valence-electron chi connectivity index (χ0n) is 11.6. The van der Waals surface area contributed by atoms with Crippen LogP contribution in [0.15, 0.2) is 41.8 Å². The van der Waals surface area contributed by atoms with Gasteiger partial charge in [0.05, 0.1) is 6.04 Å². The quantitative estimate of drug-likeness (QED) is 0.872. The monoisotopic (exact) mass is 318 g/mol. The van der Waals surface area contributed by atoms with Crippen LogP contribution in [0.3, 0.4) is 0 Å². The average Bonchev–Trinajstić information content (AvgIpc) is 3.16. The van der Waals surface area contributed by atoms with Gasteiger partial charge in [-0.25, -0.2) is 4.37 Å². The second kappa shape index (κ2) is 5.95. The van der Waals surface area contributed by atoms with Gasteiger partial charge in [-0.2, -0.15) is 0 Å². The lowest BCUT2D eigenvalue weighted by Crippen LogP contribution is -2.38. The van der Waals surface area contributed by atoms with Crippen molar-refractivity contribution in [2.45, 2.75) is 18.3 Å². The van der Waals surface area contributed by atoms with E-state index in [2.05, 4.69) is 14.3 Å². The summed E-state index contributed by atoms with van der Waals surface area (Å²) in [6, 6.07) is 5.67. The van der Waals surface area contributed by atoms with Crippen molar-refractivity contribution in [1.82, 2.24) is 14.3 Å². The maximum Gasteiger partial charge on any atom is 0.266 e. The van der Waals surface area contributed by atoms with Gasteiger partial charge in [0.1, 0.15) is 15.3 Å². The third kappa shape index (κ3) is 2.84. The lowest BCUT2D eigenvalue weighted by Gasteiger charge is -2.25. The standard InChI is InChI=1S/C14H14N4OS2/c1-9-14(18(2)13(19)11-5-7-16-21-11)20-12(17-9)10-4-3-6-15-8-10/h3-9,14H,1-2H3. The van der Waals surface area contributed by atoms with E-state index in [1.54, 1.807) is 41.3 Å². The van der Waals surface area contributed by atoms with Crippen LogP contribution in [-0.4, -0.2) is 43.7 Å². The summed E-state index contributed by atoms with van der Waals surface area (Å²) in [5, 5.41) is 0.930. The first-order chi connectivity index (χ1) is 10.2. The molecule has 2 aromatic rings. The summed E-state index contributed by atoms with van der Waals surface area (Å²) in [7, 11) is 1.82. The molecule has 0 aliphatic carbocycles. The van der Waals surface area contributed by atoms with Gasteiger partial charge in [0.2, 0.25) is 0 Å². The highest BCUT2D eigenvalue weighted by atomic mass is 32.2. The fourth-order valence-corrected chi connectivity index (χ4v) is 3.95. The molecule has 5 nitrogen and oxygen atoms in total. The Morgan fingerprint density at radius 2 is 2.19 bits per heavy atom. The van der Waals surface area contributed by atoms with Gasteiger partial charge in [-0.1, -0.05) is 11.8 Å². The second-order valence-corrected chi connectivity index (χ2v) is 6.66. The molecule has 0 radical (unpaired) electrons. The Hall–Kier alpha value is -1.73. The van der Waals surface area contributed by atoms with Gasteiger partial charge >= 0.3 is 0 Å². The predicted octanol–water partition coefficient (Wildman–Crippen LogP) is 2.52. The van der Waals surface area contributed by atoms with Crippen LogP contribution < -0.4 is 0 Å². The van der Waals surface area contributed by atoms with Gasteiger partial charge in [0.25, 0.3) is 5.91 Å². The predicted molar refractivity (Wildman–Crippen MR) is 85.8 cm³/mol. The maximum atomic E-state index is 12.4. The number of hydrogen-bond acceptors (Lipinski definition) is 6. The molecule has 1 aliphatic heterocycles. The van der Waals surface area contributed by atoms with Crippen LogP contribution in [0.1, 0.15) is 22.2 Å². The van der Waals surface area contributed by atoms with E-state index in [9.17, 15) is 4.79 Å². The van der Waals surface area contributed by atoms with Gasteiger partial charge in [0.15, 0.2) is 0 Å². The molecule has 0 aromatic carbocycles. The summed E-state index contributed by atoms with van der Waals surface area (Å²) in [5.74, 6) is -0.00973. The first-order valence-electron chi connectivity index (χ1n) is 6.49. The highest BCUT2D eigenvalue weighted by Gasteiger charge is 2.33. The Bertz CT molecular complexity index is 657. The normalized spacial score (nSPS) is 21.1. The number of amides is 1. The van der Waals surface area contributed by atoms with E-state index in [4.69, 9.17) is 0 Å². The molecule has 2 atom stereocenters. The molecule has 0 N–H and O–H groups in total. The lowest BCUT2D eigenvalue weighted by molar-refractivity contribution is 0.0778. The van der Waals surface area contributed by atoms with Gasteiger partial charge < -0.3 is 4.90 Å². The Balaban J connectivity index is 1.75. The molecule has 108 valence electrons. The number of carbonyl (C=O) groups is 1. The summed E-state index contributed by atoms with van der Waals surface area (Å²) in [5.41, 5.74) is 0.996. The van der Waals surface area contributed by atoms with E-state index in [1.165, 1.54) is 11.5 Å². The van der Waals surface area contributed by atoms with Crippen molar-refractivity contribution < 1.29 is 4.79 Å². The summed E-state index contributed by atoms with van der Waals surface area (Å²) in [6.07, 6.45) is 5.19. The number of hydrogen-bond donors (Lipinski definition) is 0. The first kappa shape index (κ1) is 14.2. The maximum absolute atomic E-state index is 12.4. The van der Waals surface area contributed by atoms with Crippen molar-refractivity contribution in [3.8, 4) is 0 Å². The molecule has 3 rings (SSSR count). The van der Waals surface area contributed by atoms with E-state index in [0.717, 1.165) is 10.6 Å². The summed E-state index contributed by atoms with van der Waals surface area (Å²) in [6.45, 7) is 2.03. The lowest BCUT2D eigenvalue weighted by atomic mass is 10.3. The molecule has 2 unspecified atom stereocenters. The number of pyridine rings is 1. The van der Waals surface area contributed by atoms with E-state index in [1.807, 2.05) is 26.1 Å². The van der Waals surface area contributed by atoms with Crippen molar-refractivity contribution in [3.63, 3.8) is 0 Å².